The van der Waals surface area contributed by atoms with Crippen LogP contribution in [0.3, 0.4) is 0 Å². The SMILES string of the molecule is C.C.COc1ccc(C)c(C(C)C)c1.Cc1cc(Cl)ccc1C(C)C.Cc1cc(F)ccc1C(C)C.Cc1ccc(C(C)C)c(C)c1.Cc1ccc(C(C)C)c(C)c1.Cc1ccc(F)cc1C(C)C.Cc1cccc(F)c1C(C)C.Cc1ccccc1C(C)C.Cc1ccccc1C(C)C.Cc1ccccc1C(C)C.Cc1ccccc1C(C)C. The van der Waals surface area contributed by atoms with Crippen LogP contribution < -0.4 is 4.74 Å². The summed E-state index contributed by atoms with van der Waals surface area (Å²) in [5, 5.41) is 0.826. The molecule has 0 aliphatic heterocycles. The fraction of sp³-hybridized carbons (Fsp3) is 0.426. The molecule has 0 heterocycles. The van der Waals surface area contributed by atoms with Gasteiger partial charge in [-0.05, 0) is 332 Å². The lowest BCUT2D eigenvalue weighted by Crippen LogP contribution is -1.95. The van der Waals surface area contributed by atoms with Crippen molar-refractivity contribution in [3.63, 3.8) is 0 Å². The maximum absolute atomic E-state index is 13.1. The molecule has 120 heavy (non-hydrogen) atoms. The van der Waals surface area contributed by atoms with Crippen molar-refractivity contribution < 1.29 is 17.9 Å². The zero-order chi connectivity index (χ0) is 90.0. The maximum atomic E-state index is 13.1. The van der Waals surface area contributed by atoms with Gasteiger partial charge in [-0.2, -0.15) is 0 Å². The molecule has 5 heteroatoms. The smallest absolute Gasteiger partial charge is 0.126 e. The predicted octanol–water partition coefficient (Wildman–Crippen LogP) is 37.3. The summed E-state index contributed by atoms with van der Waals surface area (Å²) in [6.45, 7) is 75.3. The molecule has 0 fully saturated rings. The van der Waals surface area contributed by atoms with Crippen molar-refractivity contribution in [3.8, 4) is 5.75 Å². The molecule has 0 atom stereocenters. The highest BCUT2D eigenvalue weighted by molar-refractivity contribution is 6.30. The number of benzene rings is 11. The Morgan fingerprint density at radius 1 is 0.217 bits per heavy atom. The number of methoxy groups -OCH3 is 1. The van der Waals surface area contributed by atoms with Crippen LogP contribution in [0, 0.1) is 107 Å². The molecular formula is C115H164ClF3O. The van der Waals surface area contributed by atoms with Crippen molar-refractivity contribution >= 4 is 11.6 Å². The molecule has 11 aromatic rings. The Kier molecular flexibility index (Phi) is 55.8. The van der Waals surface area contributed by atoms with Crippen LogP contribution in [0.5, 0.6) is 5.75 Å². The van der Waals surface area contributed by atoms with E-state index < -0.39 is 0 Å². The minimum atomic E-state index is -0.146. The van der Waals surface area contributed by atoms with Crippen LogP contribution in [0.2, 0.25) is 5.02 Å². The standard InChI is InChI=1S/C11H16O.2C11H16.C10H13Cl.3C10H13F.4C10H14.2CH4/c1-8(2)11-7-10(12-4)6-5-9(11)3;2*1-8(2)11-6-5-9(3)7-10(11)4;2*1-7(2)10-5-4-9(11)6-8(10)3;1-7(2)10-6-9(11)5-4-8(10)3;1-7(2)10-8(3)5-4-6-9(10)11;4*1-8(2)10-7-5-4-6-9(10)3;;/h5-8H,1-4H3;2*5-8H,1-4H3;4*4-7H,1-3H3;4*4-8H,1-3H3;2*1H4. The Hall–Kier alpha value is -8.70. The van der Waals surface area contributed by atoms with E-state index >= 15 is 0 Å². The number of rotatable bonds is 12. The van der Waals surface area contributed by atoms with E-state index in [1.165, 1.54) is 129 Å². The first kappa shape index (κ1) is 113. The first-order chi connectivity index (χ1) is 55.2. The molecule has 11 aromatic carbocycles. The lowest BCUT2D eigenvalue weighted by atomic mass is 9.97. The molecule has 0 aliphatic carbocycles. The van der Waals surface area contributed by atoms with Crippen LogP contribution in [-0.4, -0.2) is 7.11 Å². The van der Waals surface area contributed by atoms with Gasteiger partial charge in [-0.1, -0.05) is 360 Å². The fourth-order valence-corrected chi connectivity index (χ4v) is 14.7. The third kappa shape index (κ3) is 42.7. The summed E-state index contributed by atoms with van der Waals surface area (Å²) in [6, 6.07) is 74.9. The van der Waals surface area contributed by atoms with Gasteiger partial charge in [0.15, 0.2) is 0 Å². The molecule has 0 unspecified atom stereocenters. The topological polar surface area (TPSA) is 9.23 Å². The third-order valence-electron chi connectivity index (χ3n) is 20.9. The van der Waals surface area contributed by atoms with E-state index in [4.69, 9.17) is 16.3 Å². The number of ether oxygens (including phenoxy) is 1. The molecule has 0 saturated heterocycles. The molecule has 0 radical (unpaired) electrons. The first-order valence-electron chi connectivity index (χ1n) is 43.2. The van der Waals surface area contributed by atoms with Gasteiger partial charge >= 0.3 is 0 Å². The van der Waals surface area contributed by atoms with Gasteiger partial charge < -0.3 is 4.74 Å². The highest BCUT2D eigenvalue weighted by atomic mass is 35.5. The van der Waals surface area contributed by atoms with Crippen molar-refractivity contribution in [2.45, 2.75) is 322 Å². The van der Waals surface area contributed by atoms with Crippen LogP contribution in [0.25, 0.3) is 0 Å². The second kappa shape index (κ2) is 59.1. The van der Waals surface area contributed by atoms with Gasteiger partial charge in [0, 0.05) is 5.02 Å². The minimum Gasteiger partial charge on any atom is -0.497 e. The molecule has 0 saturated carbocycles. The van der Waals surface area contributed by atoms with E-state index in [-0.39, 0.29) is 38.2 Å². The molecule has 1 nitrogen and oxygen atoms in total. The first-order valence-corrected chi connectivity index (χ1v) is 43.6. The summed E-state index contributed by atoms with van der Waals surface area (Å²) in [4.78, 5) is 0. The van der Waals surface area contributed by atoms with Crippen LogP contribution in [0.4, 0.5) is 13.2 Å². The van der Waals surface area contributed by atoms with Crippen molar-refractivity contribution in [2.75, 3.05) is 7.11 Å². The molecule has 658 valence electrons. The largest absolute Gasteiger partial charge is 0.497 e. The molecular weight excluding hydrogens is 1490 g/mol. The molecule has 0 aliphatic rings. The Morgan fingerprint density at radius 2 is 0.467 bits per heavy atom. The van der Waals surface area contributed by atoms with Crippen LogP contribution >= 0.6 is 11.6 Å². The van der Waals surface area contributed by atoms with Gasteiger partial charge in [-0.15, -0.1) is 0 Å². The van der Waals surface area contributed by atoms with E-state index in [1.807, 2.05) is 71.0 Å². The van der Waals surface area contributed by atoms with Crippen LogP contribution in [-0.2, 0) is 0 Å². The highest BCUT2D eigenvalue weighted by Gasteiger charge is 2.11. The Bertz CT molecular complexity index is 4210. The lowest BCUT2D eigenvalue weighted by Gasteiger charge is -2.10. The van der Waals surface area contributed by atoms with Gasteiger partial charge in [0.05, 0.1) is 7.11 Å². The van der Waals surface area contributed by atoms with Gasteiger partial charge in [0.25, 0.3) is 0 Å². The summed E-state index contributed by atoms with van der Waals surface area (Å²) < 4.78 is 43.6. The van der Waals surface area contributed by atoms with E-state index in [0.29, 0.717) is 59.2 Å². The fourth-order valence-electron chi connectivity index (χ4n) is 14.4. The molecule has 0 spiro atoms. The van der Waals surface area contributed by atoms with Gasteiger partial charge in [-0.25, -0.2) is 13.2 Å². The van der Waals surface area contributed by atoms with Gasteiger partial charge in [0.2, 0.25) is 0 Å². The van der Waals surface area contributed by atoms with Gasteiger partial charge in [0.1, 0.15) is 23.2 Å². The summed E-state index contributed by atoms with van der Waals surface area (Å²) in [6.07, 6.45) is 0. The van der Waals surface area contributed by atoms with E-state index in [2.05, 4.69) is 359 Å². The quantitative estimate of drug-likeness (QED) is 0.118. The average Bonchev–Trinajstić information content (AvgIpc) is 0.869. The van der Waals surface area contributed by atoms with E-state index in [9.17, 15) is 13.2 Å². The second-order valence-corrected chi connectivity index (χ2v) is 35.5. The summed E-state index contributed by atoms with van der Waals surface area (Å²) in [7, 11) is 1.70. The number of hydrogen-bond acceptors (Lipinski definition) is 1. The number of hydrogen-bond donors (Lipinski definition) is 0. The molecule has 0 amide bonds. The highest BCUT2D eigenvalue weighted by Crippen LogP contribution is 2.29. The number of aryl methyl sites for hydroxylation is 13. The predicted molar refractivity (Wildman–Crippen MR) is 532 cm³/mol. The average molecular weight is 1660 g/mol. The third-order valence-corrected chi connectivity index (χ3v) is 21.1. The van der Waals surface area contributed by atoms with Crippen molar-refractivity contribution in [1.82, 2.24) is 0 Å². The Labute approximate surface area is 740 Å². The monoisotopic (exact) mass is 1650 g/mol. The minimum absolute atomic E-state index is 0. The molecule has 0 N–H and O–H groups in total. The molecule has 11 rings (SSSR count). The molecule has 0 aromatic heterocycles. The van der Waals surface area contributed by atoms with Crippen LogP contribution in [0.1, 0.15) is 366 Å². The Balaban J connectivity index is 0. The number of halogens is 4. The summed E-state index contributed by atoms with van der Waals surface area (Å²) in [5.41, 5.74) is 31.7. The summed E-state index contributed by atoms with van der Waals surface area (Å²) >= 11 is 5.82. The zero-order valence-electron chi connectivity index (χ0n) is 80.1. The summed E-state index contributed by atoms with van der Waals surface area (Å²) in [5.74, 6) is 6.82. The Morgan fingerprint density at radius 3 is 0.725 bits per heavy atom. The van der Waals surface area contributed by atoms with E-state index in [1.54, 1.807) is 25.3 Å². The lowest BCUT2D eigenvalue weighted by molar-refractivity contribution is 0.414. The second-order valence-electron chi connectivity index (χ2n) is 35.0. The van der Waals surface area contributed by atoms with Crippen molar-refractivity contribution in [1.29, 1.82) is 0 Å². The van der Waals surface area contributed by atoms with Crippen molar-refractivity contribution in [3.05, 3.63) is 380 Å². The zero-order valence-corrected chi connectivity index (χ0v) is 80.9. The van der Waals surface area contributed by atoms with Gasteiger partial charge in [-0.3, -0.25) is 0 Å². The normalized spacial score (nSPS) is 10.4. The molecule has 0 bridgehead atoms. The maximum Gasteiger partial charge on any atom is 0.126 e. The van der Waals surface area contributed by atoms with Crippen LogP contribution in [0.15, 0.2) is 224 Å². The van der Waals surface area contributed by atoms with Crippen molar-refractivity contribution in [2.24, 2.45) is 0 Å². The van der Waals surface area contributed by atoms with E-state index in [0.717, 1.165) is 33.0 Å².